The Labute approximate surface area is 208 Å². The maximum absolute atomic E-state index is 12.4. The van der Waals surface area contributed by atoms with E-state index in [9.17, 15) is 4.79 Å². The number of aromatic nitrogens is 2. The highest BCUT2D eigenvalue weighted by atomic mass is 35.5. The van der Waals surface area contributed by atoms with Crippen molar-refractivity contribution >= 4 is 52.2 Å². The maximum Gasteiger partial charge on any atom is 0.324 e. The van der Waals surface area contributed by atoms with Crippen molar-refractivity contribution in [2.24, 2.45) is 5.92 Å². The Morgan fingerprint density at radius 3 is 2.50 bits per heavy atom. The largest absolute Gasteiger partial charge is 0.493 e. The van der Waals surface area contributed by atoms with Crippen LogP contribution in [0.5, 0.6) is 5.75 Å². The summed E-state index contributed by atoms with van der Waals surface area (Å²) in [4.78, 5) is 23.1. The van der Waals surface area contributed by atoms with E-state index in [1.807, 2.05) is 24.3 Å². The van der Waals surface area contributed by atoms with Gasteiger partial charge in [0, 0.05) is 17.8 Å². The van der Waals surface area contributed by atoms with Crippen LogP contribution in [0.2, 0.25) is 10.0 Å². The van der Waals surface area contributed by atoms with Crippen molar-refractivity contribution in [1.29, 1.82) is 0 Å². The molecule has 8 nitrogen and oxygen atoms in total. The minimum absolute atomic E-state index is 0.313. The van der Waals surface area contributed by atoms with Crippen molar-refractivity contribution in [2.75, 3.05) is 42.7 Å². The van der Waals surface area contributed by atoms with Crippen molar-refractivity contribution in [3.63, 3.8) is 0 Å². The molecule has 178 valence electrons. The number of likely N-dealkylation sites (tertiary alicyclic amines) is 1. The van der Waals surface area contributed by atoms with E-state index in [-0.39, 0.29) is 0 Å². The summed E-state index contributed by atoms with van der Waals surface area (Å²) in [5, 5.41) is 9.18. The average Bonchev–Trinajstić information content (AvgIpc) is 2.82. The molecule has 0 atom stereocenters. The van der Waals surface area contributed by atoms with E-state index in [2.05, 4.69) is 37.9 Å². The summed E-state index contributed by atoms with van der Waals surface area (Å²) in [6, 6.07) is 13.8. The fourth-order valence-electron chi connectivity index (χ4n) is 3.63. The van der Waals surface area contributed by atoms with E-state index in [0.29, 0.717) is 39.9 Å². The predicted octanol–water partition coefficient (Wildman–Crippen LogP) is 5.89. The molecule has 4 rings (SSSR count). The Kier molecular flexibility index (Phi) is 8.05. The first-order valence-electron chi connectivity index (χ1n) is 11.0. The number of amides is 2. The van der Waals surface area contributed by atoms with Crippen LogP contribution in [0.1, 0.15) is 12.8 Å². The lowest BCUT2D eigenvalue weighted by atomic mass is 9.98. The minimum atomic E-state index is -0.524. The van der Waals surface area contributed by atoms with E-state index >= 15 is 0 Å². The number of carbonyl (C=O) groups excluding carboxylic acids is 1. The number of hydrogen-bond donors (Lipinski definition) is 3. The number of rotatable bonds is 7. The second-order valence-corrected chi connectivity index (χ2v) is 8.99. The first-order chi connectivity index (χ1) is 16.5. The predicted molar refractivity (Wildman–Crippen MR) is 137 cm³/mol. The van der Waals surface area contributed by atoms with Gasteiger partial charge in [-0.15, -0.1) is 0 Å². The minimum Gasteiger partial charge on any atom is -0.493 e. The molecule has 0 radical (unpaired) electrons. The van der Waals surface area contributed by atoms with Crippen LogP contribution in [0.15, 0.2) is 54.9 Å². The Bertz CT molecular complexity index is 1120. The van der Waals surface area contributed by atoms with Gasteiger partial charge < -0.3 is 20.3 Å². The van der Waals surface area contributed by atoms with Gasteiger partial charge in [0.1, 0.15) is 23.7 Å². The third-order valence-electron chi connectivity index (χ3n) is 5.54. The van der Waals surface area contributed by atoms with Crippen LogP contribution in [-0.4, -0.2) is 47.6 Å². The molecule has 0 spiro atoms. The second-order valence-electron chi connectivity index (χ2n) is 8.17. The third-order valence-corrected chi connectivity index (χ3v) is 6.17. The van der Waals surface area contributed by atoms with Crippen LogP contribution in [0.3, 0.4) is 0 Å². The lowest BCUT2D eigenvalue weighted by molar-refractivity contribution is 0.160. The van der Waals surface area contributed by atoms with Gasteiger partial charge in [0.05, 0.1) is 22.3 Å². The number of nitrogens with one attached hydrogen (secondary N) is 3. The first-order valence-corrected chi connectivity index (χ1v) is 11.7. The van der Waals surface area contributed by atoms with Gasteiger partial charge in [-0.1, -0.05) is 35.3 Å². The number of piperidine rings is 1. The molecule has 1 aliphatic heterocycles. The quantitative estimate of drug-likeness (QED) is 0.374. The molecule has 10 heteroatoms. The number of urea groups is 1. The molecule has 3 N–H and O–H groups in total. The molecule has 2 amide bonds. The summed E-state index contributed by atoms with van der Waals surface area (Å²) in [5.41, 5.74) is 1.14. The number of ether oxygens (including phenoxy) is 1. The van der Waals surface area contributed by atoms with Crippen molar-refractivity contribution in [2.45, 2.75) is 12.8 Å². The maximum atomic E-state index is 12.4. The molecule has 3 aromatic rings. The average molecular weight is 501 g/mol. The van der Waals surface area contributed by atoms with Crippen LogP contribution < -0.4 is 20.7 Å². The zero-order valence-electron chi connectivity index (χ0n) is 18.7. The number of hydrogen-bond acceptors (Lipinski definition) is 6. The van der Waals surface area contributed by atoms with Crippen molar-refractivity contribution in [3.8, 4) is 5.75 Å². The number of nitrogens with zero attached hydrogens (tertiary/aromatic N) is 3. The van der Waals surface area contributed by atoms with E-state index in [1.54, 1.807) is 24.3 Å². The fourth-order valence-corrected chi connectivity index (χ4v) is 4.12. The fraction of sp³-hybridized carbons (Fsp3) is 0.292. The molecule has 0 bridgehead atoms. The van der Waals surface area contributed by atoms with Crippen LogP contribution in [0, 0.1) is 5.92 Å². The molecular weight excluding hydrogens is 475 g/mol. The van der Waals surface area contributed by atoms with E-state index < -0.39 is 6.03 Å². The Hall–Kier alpha value is -3.07. The molecule has 0 aliphatic carbocycles. The van der Waals surface area contributed by atoms with Gasteiger partial charge in [0.25, 0.3) is 0 Å². The third kappa shape index (κ3) is 6.72. The van der Waals surface area contributed by atoms with Crippen LogP contribution in [0.25, 0.3) is 0 Å². The van der Waals surface area contributed by atoms with Crippen LogP contribution in [-0.2, 0) is 0 Å². The van der Waals surface area contributed by atoms with Gasteiger partial charge in [-0.05, 0) is 63.2 Å². The zero-order valence-corrected chi connectivity index (χ0v) is 20.2. The standard InChI is InChI=1S/C24H26Cl2N6O2/c1-32-10-8-16(9-11-32)14-34-18-5-2-4-17(12-18)29-21-13-22(28-15-27-21)30-24(33)31-23-19(25)6-3-7-20(23)26/h2-7,12-13,15-16H,8-11,14H2,1H3,(H3,27,28,29,30,31,33). The highest BCUT2D eigenvalue weighted by Gasteiger charge is 2.17. The van der Waals surface area contributed by atoms with Crippen LogP contribution in [0.4, 0.5) is 27.8 Å². The summed E-state index contributed by atoms with van der Waals surface area (Å²) in [6.45, 7) is 2.94. The monoisotopic (exact) mass is 500 g/mol. The van der Waals surface area contributed by atoms with Gasteiger partial charge in [0.2, 0.25) is 0 Å². The highest BCUT2D eigenvalue weighted by molar-refractivity contribution is 6.39. The summed E-state index contributed by atoms with van der Waals surface area (Å²) >= 11 is 12.2. The molecule has 0 saturated carbocycles. The molecule has 34 heavy (non-hydrogen) atoms. The summed E-state index contributed by atoms with van der Waals surface area (Å²) in [6.07, 6.45) is 3.67. The topological polar surface area (TPSA) is 91.4 Å². The van der Waals surface area contributed by atoms with E-state index in [4.69, 9.17) is 27.9 Å². The number of carbonyl (C=O) groups is 1. The molecule has 1 aliphatic rings. The molecule has 1 saturated heterocycles. The molecular formula is C24H26Cl2N6O2. The molecule has 0 unspecified atom stereocenters. The number of benzene rings is 2. The van der Waals surface area contributed by atoms with Crippen molar-refractivity contribution in [1.82, 2.24) is 14.9 Å². The van der Waals surface area contributed by atoms with Gasteiger partial charge in [0.15, 0.2) is 0 Å². The normalized spacial score (nSPS) is 14.4. The van der Waals surface area contributed by atoms with Gasteiger partial charge >= 0.3 is 6.03 Å². The number of para-hydroxylation sites is 1. The number of anilines is 4. The molecule has 2 aromatic carbocycles. The van der Waals surface area contributed by atoms with Gasteiger partial charge in [-0.25, -0.2) is 14.8 Å². The second kappa shape index (κ2) is 11.4. The highest BCUT2D eigenvalue weighted by Crippen LogP contribution is 2.30. The number of halogens is 2. The SMILES string of the molecule is CN1CCC(COc2cccc(Nc3cc(NC(=O)Nc4c(Cl)cccc4Cl)ncn3)c2)CC1. The molecule has 2 heterocycles. The van der Waals surface area contributed by atoms with Crippen molar-refractivity contribution < 1.29 is 9.53 Å². The van der Waals surface area contributed by atoms with E-state index in [0.717, 1.165) is 37.4 Å². The Balaban J connectivity index is 1.34. The Morgan fingerprint density at radius 1 is 1.03 bits per heavy atom. The lowest BCUT2D eigenvalue weighted by Crippen LogP contribution is -2.32. The lowest BCUT2D eigenvalue weighted by Gasteiger charge is -2.28. The summed E-state index contributed by atoms with van der Waals surface area (Å²) < 4.78 is 6.03. The van der Waals surface area contributed by atoms with E-state index in [1.165, 1.54) is 6.33 Å². The summed E-state index contributed by atoms with van der Waals surface area (Å²) in [5.74, 6) is 2.21. The smallest absolute Gasteiger partial charge is 0.324 e. The molecule has 1 aromatic heterocycles. The Morgan fingerprint density at radius 2 is 1.74 bits per heavy atom. The zero-order chi connectivity index (χ0) is 23.9. The van der Waals surface area contributed by atoms with Crippen molar-refractivity contribution in [3.05, 3.63) is 64.9 Å². The van der Waals surface area contributed by atoms with Gasteiger partial charge in [-0.2, -0.15) is 0 Å². The van der Waals surface area contributed by atoms with Gasteiger partial charge in [-0.3, -0.25) is 5.32 Å². The molecule has 1 fully saturated rings. The van der Waals surface area contributed by atoms with Crippen LogP contribution >= 0.6 is 23.2 Å². The summed E-state index contributed by atoms with van der Waals surface area (Å²) in [7, 11) is 2.15. The first kappa shape index (κ1) is 24.1.